The molecule has 3 nitrogen and oxygen atoms in total. The molecule has 21 heavy (non-hydrogen) atoms. The zero-order valence-electron chi connectivity index (χ0n) is 10.6. The van der Waals surface area contributed by atoms with E-state index in [1.165, 1.54) is 22.6 Å². The first-order chi connectivity index (χ1) is 9.95. The van der Waals surface area contributed by atoms with Crippen LogP contribution in [0.1, 0.15) is 5.56 Å². The SMILES string of the molecule is O=c1cc(-c2ccc(C(F)(F)F)cc2)nc2ccccn12. The fourth-order valence-corrected chi connectivity index (χ4v) is 2.03. The van der Waals surface area contributed by atoms with Crippen molar-refractivity contribution in [3.05, 3.63) is 70.6 Å². The summed E-state index contributed by atoms with van der Waals surface area (Å²) in [5.74, 6) is 0. The summed E-state index contributed by atoms with van der Waals surface area (Å²) >= 11 is 0. The Kier molecular flexibility index (Phi) is 3.01. The lowest BCUT2D eigenvalue weighted by atomic mass is 10.1. The van der Waals surface area contributed by atoms with Crippen LogP contribution in [0.5, 0.6) is 0 Å². The van der Waals surface area contributed by atoms with Crippen molar-refractivity contribution in [3.63, 3.8) is 0 Å². The normalized spacial score (nSPS) is 11.8. The molecule has 0 spiro atoms. The molecule has 6 heteroatoms. The van der Waals surface area contributed by atoms with Crippen LogP contribution in [-0.2, 0) is 6.18 Å². The Morgan fingerprint density at radius 2 is 1.71 bits per heavy atom. The number of nitrogens with zero attached hydrogens (tertiary/aromatic N) is 2. The third-order valence-corrected chi connectivity index (χ3v) is 3.08. The van der Waals surface area contributed by atoms with E-state index >= 15 is 0 Å². The maximum absolute atomic E-state index is 12.5. The van der Waals surface area contributed by atoms with Crippen molar-refractivity contribution < 1.29 is 13.2 Å². The average molecular weight is 290 g/mol. The third-order valence-electron chi connectivity index (χ3n) is 3.08. The smallest absolute Gasteiger partial charge is 0.269 e. The summed E-state index contributed by atoms with van der Waals surface area (Å²) in [6, 6.07) is 11.0. The lowest BCUT2D eigenvalue weighted by Crippen LogP contribution is -2.13. The Hall–Kier alpha value is -2.63. The first-order valence-corrected chi connectivity index (χ1v) is 6.11. The molecule has 3 rings (SSSR count). The van der Waals surface area contributed by atoms with Gasteiger partial charge in [-0.15, -0.1) is 0 Å². The van der Waals surface area contributed by atoms with Crippen molar-refractivity contribution in [2.24, 2.45) is 0 Å². The fourth-order valence-electron chi connectivity index (χ4n) is 2.03. The molecule has 0 saturated heterocycles. The number of hydrogen-bond donors (Lipinski definition) is 0. The van der Waals surface area contributed by atoms with Gasteiger partial charge in [0.05, 0.1) is 11.3 Å². The first-order valence-electron chi connectivity index (χ1n) is 6.11. The quantitative estimate of drug-likeness (QED) is 0.688. The van der Waals surface area contributed by atoms with Gasteiger partial charge in [0.25, 0.3) is 5.56 Å². The van der Waals surface area contributed by atoms with Crippen molar-refractivity contribution in [2.75, 3.05) is 0 Å². The molecule has 0 atom stereocenters. The van der Waals surface area contributed by atoms with Gasteiger partial charge in [-0.25, -0.2) is 4.98 Å². The van der Waals surface area contributed by atoms with Crippen LogP contribution in [0.15, 0.2) is 59.5 Å². The summed E-state index contributed by atoms with van der Waals surface area (Å²) in [5, 5.41) is 0. The molecule has 0 saturated carbocycles. The molecule has 3 aromatic rings. The van der Waals surface area contributed by atoms with E-state index < -0.39 is 11.7 Å². The zero-order chi connectivity index (χ0) is 15.0. The third kappa shape index (κ3) is 2.52. The largest absolute Gasteiger partial charge is 0.416 e. The highest BCUT2D eigenvalue weighted by molar-refractivity contribution is 5.61. The van der Waals surface area contributed by atoms with Crippen molar-refractivity contribution >= 4 is 5.65 Å². The van der Waals surface area contributed by atoms with Crippen LogP contribution in [0, 0.1) is 0 Å². The maximum atomic E-state index is 12.5. The highest BCUT2D eigenvalue weighted by Crippen LogP contribution is 2.30. The summed E-state index contributed by atoms with van der Waals surface area (Å²) in [7, 11) is 0. The Morgan fingerprint density at radius 1 is 1.00 bits per heavy atom. The van der Waals surface area contributed by atoms with Crippen LogP contribution in [-0.4, -0.2) is 9.38 Å². The van der Waals surface area contributed by atoms with E-state index in [-0.39, 0.29) is 5.56 Å². The second kappa shape index (κ2) is 4.73. The van der Waals surface area contributed by atoms with Gasteiger partial charge in [0.2, 0.25) is 0 Å². The standard InChI is InChI=1S/C15H9F3N2O/c16-15(17,18)11-6-4-10(5-7-11)12-9-14(21)20-8-2-1-3-13(20)19-12/h1-9H. The summed E-state index contributed by atoms with van der Waals surface area (Å²) in [6.45, 7) is 0. The second-order valence-corrected chi connectivity index (χ2v) is 4.48. The van der Waals surface area contributed by atoms with Gasteiger partial charge >= 0.3 is 6.18 Å². The van der Waals surface area contributed by atoms with Crippen LogP contribution in [0.2, 0.25) is 0 Å². The number of halogens is 3. The molecule has 1 aromatic carbocycles. The van der Waals surface area contributed by atoms with Gasteiger partial charge in [-0.2, -0.15) is 13.2 Å². The molecule has 0 aliphatic rings. The maximum Gasteiger partial charge on any atom is 0.416 e. The number of benzene rings is 1. The fraction of sp³-hybridized carbons (Fsp3) is 0.0667. The molecule has 0 radical (unpaired) electrons. The van der Waals surface area contributed by atoms with E-state index in [0.29, 0.717) is 16.9 Å². The molecule has 0 N–H and O–H groups in total. The number of alkyl halides is 3. The first kappa shape index (κ1) is 13.4. The van der Waals surface area contributed by atoms with Crippen molar-refractivity contribution in [1.29, 1.82) is 0 Å². The molecule has 0 aliphatic heterocycles. The molecule has 0 bridgehead atoms. The van der Waals surface area contributed by atoms with Gasteiger partial charge in [0.15, 0.2) is 0 Å². The Labute approximate surface area is 117 Å². The number of hydrogen-bond acceptors (Lipinski definition) is 2. The van der Waals surface area contributed by atoms with Crippen molar-refractivity contribution in [3.8, 4) is 11.3 Å². The highest BCUT2D eigenvalue weighted by Gasteiger charge is 2.30. The number of rotatable bonds is 1. The van der Waals surface area contributed by atoms with Gasteiger partial charge in [0.1, 0.15) is 5.65 Å². The molecule has 0 amide bonds. The van der Waals surface area contributed by atoms with E-state index in [2.05, 4.69) is 4.98 Å². The minimum atomic E-state index is -4.38. The molecule has 0 aliphatic carbocycles. The van der Waals surface area contributed by atoms with Crippen LogP contribution >= 0.6 is 0 Å². The van der Waals surface area contributed by atoms with Crippen molar-refractivity contribution in [2.45, 2.75) is 6.18 Å². The van der Waals surface area contributed by atoms with Gasteiger partial charge in [0, 0.05) is 17.8 Å². The molecule has 2 heterocycles. The summed E-state index contributed by atoms with van der Waals surface area (Å²) in [4.78, 5) is 16.2. The van der Waals surface area contributed by atoms with Crippen LogP contribution in [0.4, 0.5) is 13.2 Å². The Balaban J connectivity index is 2.10. The zero-order valence-corrected chi connectivity index (χ0v) is 10.6. The molecular weight excluding hydrogens is 281 g/mol. The number of aromatic nitrogens is 2. The lowest BCUT2D eigenvalue weighted by molar-refractivity contribution is -0.137. The Bertz CT molecular complexity index is 851. The minimum absolute atomic E-state index is 0.282. The second-order valence-electron chi connectivity index (χ2n) is 4.48. The van der Waals surface area contributed by atoms with Gasteiger partial charge in [-0.1, -0.05) is 18.2 Å². The van der Waals surface area contributed by atoms with Crippen molar-refractivity contribution in [1.82, 2.24) is 9.38 Å². The summed E-state index contributed by atoms with van der Waals surface area (Å²) < 4.78 is 38.9. The molecular formula is C15H9F3N2O. The lowest BCUT2D eigenvalue weighted by Gasteiger charge is -2.08. The molecule has 106 valence electrons. The van der Waals surface area contributed by atoms with Gasteiger partial charge in [-0.05, 0) is 24.3 Å². The molecule has 2 aromatic heterocycles. The van der Waals surface area contributed by atoms with E-state index in [0.717, 1.165) is 12.1 Å². The number of fused-ring (bicyclic) bond motifs is 1. The van der Waals surface area contributed by atoms with E-state index in [4.69, 9.17) is 0 Å². The van der Waals surface area contributed by atoms with E-state index in [1.54, 1.807) is 24.4 Å². The van der Waals surface area contributed by atoms with Gasteiger partial charge in [-0.3, -0.25) is 9.20 Å². The predicted octanol–water partition coefficient (Wildman–Crippen LogP) is 3.38. The topological polar surface area (TPSA) is 34.4 Å². The number of pyridine rings is 1. The minimum Gasteiger partial charge on any atom is -0.269 e. The van der Waals surface area contributed by atoms with Gasteiger partial charge < -0.3 is 0 Å². The summed E-state index contributed by atoms with van der Waals surface area (Å²) in [5.41, 5.74) is 0.241. The van der Waals surface area contributed by atoms with E-state index in [9.17, 15) is 18.0 Å². The van der Waals surface area contributed by atoms with Crippen LogP contribution in [0.3, 0.4) is 0 Å². The van der Waals surface area contributed by atoms with Crippen LogP contribution < -0.4 is 5.56 Å². The predicted molar refractivity (Wildman–Crippen MR) is 71.9 cm³/mol. The highest BCUT2D eigenvalue weighted by atomic mass is 19.4. The molecule has 0 unspecified atom stereocenters. The Morgan fingerprint density at radius 3 is 2.38 bits per heavy atom. The molecule has 0 fully saturated rings. The monoisotopic (exact) mass is 290 g/mol. The average Bonchev–Trinajstić information content (AvgIpc) is 2.46. The summed E-state index contributed by atoms with van der Waals surface area (Å²) in [6.07, 6.45) is -2.80. The van der Waals surface area contributed by atoms with Crippen LogP contribution in [0.25, 0.3) is 16.9 Å². The van der Waals surface area contributed by atoms with E-state index in [1.807, 2.05) is 0 Å².